The number of morpholine rings is 1. The molecule has 27 heavy (non-hydrogen) atoms. The zero-order valence-corrected chi connectivity index (χ0v) is 15.4. The fourth-order valence-corrected chi connectivity index (χ4v) is 3.52. The fraction of sp³-hybridized carbons (Fsp3) is 0.273. The van der Waals surface area contributed by atoms with Crippen LogP contribution in [0.3, 0.4) is 0 Å². The van der Waals surface area contributed by atoms with Gasteiger partial charge in [0.15, 0.2) is 11.0 Å². The predicted molar refractivity (Wildman–Crippen MR) is 104 cm³/mol. The molecule has 1 saturated heterocycles. The maximum absolute atomic E-state index is 13.1. The molecule has 0 saturated carbocycles. The van der Waals surface area contributed by atoms with Crippen molar-refractivity contribution in [3.05, 3.63) is 69.9 Å². The first kappa shape index (κ1) is 17.5. The van der Waals surface area contributed by atoms with Crippen LogP contribution in [0.5, 0.6) is 0 Å². The Balaban J connectivity index is 1.88. The minimum Gasteiger partial charge on any atom is -0.455 e. The van der Waals surface area contributed by atoms with Crippen LogP contribution in [0.1, 0.15) is 22.8 Å². The van der Waals surface area contributed by atoms with Crippen LogP contribution in [0.25, 0.3) is 22.3 Å². The Morgan fingerprint density at radius 3 is 2.63 bits per heavy atom. The molecule has 1 atom stereocenters. The highest BCUT2D eigenvalue weighted by atomic mass is 16.5. The molecule has 0 bridgehead atoms. The summed E-state index contributed by atoms with van der Waals surface area (Å²) in [7, 11) is 0. The van der Waals surface area contributed by atoms with E-state index < -0.39 is 0 Å². The maximum Gasteiger partial charge on any atom is 0.257 e. The van der Waals surface area contributed by atoms with Gasteiger partial charge in [0.1, 0.15) is 5.76 Å². The van der Waals surface area contributed by atoms with Crippen molar-refractivity contribution in [2.45, 2.75) is 20.0 Å². The van der Waals surface area contributed by atoms with Gasteiger partial charge in [0.25, 0.3) is 5.91 Å². The SMILES string of the molecule is Cc1c(-c2ccccc2)oc2c(C(=O)N3CCOC(C)C3)cccc2c1=O. The molecular formula is C22H21NO4. The zero-order valence-electron chi connectivity index (χ0n) is 15.4. The quantitative estimate of drug-likeness (QED) is 0.698. The average Bonchev–Trinajstić information content (AvgIpc) is 2.70. The van der Waals surface area contributed by atoms with Crippen molar-refractivity contribution < 1.29 is 13.9 Å². The Morgan fingerprint density at radius 2 is 1.89 bits per heavy atom. The second kappa shape index (κ2) is 7.00. The van der Waals surface area contributed by atoms with Crippen LogP contribution >= 0.6 is 0 Å². The second-order valence-corrected chi connectivity index (χ2v) is 6.87. The standard InChI is InChI=1S/C22H21NO4/c1-14-13-23(11-12-26-14)22(25)18-10-6-9-17-19(24)15(2)20(27-21(17)18)16-7-4-3-5-8-16/h3-10,14H,11-13H2,1-2H3. The van der Waals surface area contributed by atoms with E-state index in [9.17, 15) is 9.59 Å². The smallest absolute Gasteiger partial charge is 0.257 e. The normalized spacial score (nSPS) is 17.3. The molecule has 0 aliphatic carbocycles. The van der Waals surface area contributed by atoms with Crippen LogP contribution in [-0.4, -0.2) is 36.6 Å². The third-order valence-electron chi connectivity index (χ3n) is 4.94. The minimum atomic E-state index is -0.137. The van der Waals surface area contributed by atoms with Crippen LogP contribution < -0.4 is 5.43 Å². The largest absolute Gasteiger partial charge is 0.455 e. The van der Waals surface area contributed by atoms with Crippen molar-refractivity contribution in [2.75, 3.05) is 19.7 Å². The summed E-state index contributed by atoms with van der Waals surface area (Å²) in [5, 5.41) is 0.430. The number of rotatable bonds is 2. The zero-order chi connectivity index (χ0) is 19.0. The van der Waals surface area contributed by atoms with E-state index in [4.69, 9.17) is 9.15 Å². The molecule has 0 N–H and O–H groups in total. The highest BCUT2D eigenvalue weighted by molar-refractivity contribution is 6.05. The minimum absolute atomic E-state index is 0.00758. The molecule has 0 radical (unpaired) electrons. The Bertz CT molecular complexity index is 1060. The Kier molecular flexibility index (Phi) is 4.54. The molecule has 1 unspecified atom stereocenters. The third kappa shape index (κ3) is 3.15. The third-order valence-corrected chi connectivity index (χ3v) is 4.94. The van der Waals surface area contributed by atoms with Crippen LogP contribution in [0.15, 0.2) is 57.7 Å². The van der Waals surface area contributed by atoms with E-state index in [0.717, 1.165) is 5.56 Å². The summed E-state index contributed by atoms with van der Waals surface area (Å²) in [5.41, 5.74) is 2.00. The lowest BCUT2D eigenvalue weighted by atomic mass is 10.0. The van der Waals surface area contributed by atoms with Crippen molar-refractivity contribution in [1.29, 1.82) is 0 Å². The molecular weight excluding hydrogens is 342 g/mol. The van der Waals surface area contributed by atoms with Crippen LogP contribution in [0, 0.1) is 6.92 Å². The number of para-hydroxylation sites is 1. The number of hydrogen-bond acceptors (Lipinski definition) is 4. The van der Waals surface area contributed by atoms with E-state index >= 15 is 0 Å². The number of hydrogen-bond donors (Lipinski definition) is 0. The van der Waals surface area contributed by atoms with Crippen LogP contribution in [-0.2, 0) is 4.74 Å². The molecule has 3 aromatic rings. The lowest BCUT2D eigenvalue weighted by Crippen LogP contribution is -2.44. The number of carbonyl (C=O) groups excluding carboxylic acids is 1. The number of amides is 1. The molecule has 5 heteroatoms. The number of ether oxygens (including phenoxy) is 1. The van der Waals surface area contributed by atoms with Gasteiger partial charge in [-0.15, -0.1) is 0 Å². The first-order valence-corrected chi connectivity index (χ1v) is 9.09. The van der Waals surface area contributed by atoms with Crippen molar-refractivity contribution >= 4 is 16.9 Å². The topological polar surface area (TPSA) is 59.8 Å². The Morgan fingerprint density at radius 1 is 1.11 bits per heavy atom. The Hall–Kier alpha value is -2.92. The lowest BCUT2D eigenvalue weighted by Gasteiger charge is -2.31. The monoisotopic (exact) mass is 363 g/mol. The van der Waals surface area contributed by atoms with Crippen molar-refractivity contribution in [2.24, 2.45) is 0 Å². The van der Waals surface area contributed by atoms with Gasteiger partial charge in [-0.05, 0) is 26.0 Å². The highest BCUT2D eigenvalue weighted by Crippen LogP contribution is 2.28. The van der Waals surface area contributed by atoms with Crippen molar-refractivity contribution in [3.8, 4) is 11.3 Å². The molecule has 4 rings (SSSR count). The van der Waals surface area contributed by atoms with Gasteiger partial charge in [-0.1, -0.05) is 36.4 Å². The first-order valence-electron chi connectivity index (χ1n) is 9.09. The maximum atomic E-state index is 13.1. The van der Waals surface area contributed by atoms with Crippen molar-refractivity contribution in [1.82, 2.24) is 4.90 Å². The molecule has 1 amide bonds. The summed E-state index contributed by atoms with van der Waals surface area (Å²) in [6, 6.07) is 14.6. The van der Waals surface area contributed by atoms with Crippen LogP contribution in [0.2, 0.25) is 0 Å². The van der Waals surface area contributed by atoms with Gasteiger partial charge in [0.2, 0.25) is 0 Å². The van der Waals surface area contributed by atoms with Gasteiger partial charge in [0, 0.05) is 24.2 Å². The van der Waals surface area contributed by atoms with Gasteiger partial charge in [-0.3, -0.25) is 9.59 Å². The van der Waals surface area contributed by atoms with Crippen LogP contribution in [0.4, 0.5) is 0 Å². The van der Waals surface area contributed by atoms with Gasteiger partial charge in [-0.2, -0.15) is 0 Å². The summed E-state index contributed by atoms with van der Waals surface area (Å²) in [5.74, 6) is 0.366. The fourth-order valence-electron chi connectivity index (χ4n) is 3.52. The molecule has 1 aromatic heterocycles. The summed E-state index contributed by atoms with van der Waals surface area (Å²) >= 11 is 0. The lowest BCUT2D eigenvalue weighted by molar-refractivity contribution is -0.0123. The summed E-state index contributed by atoms with van der Waals surface area (Å²) in [6.45, 7) is 5.26. The number of benzene rings is 2. The summed E-state index contributed by atoms with van der Waals surface area (Å²) < 4.78 is 11.7. The summed E-state index contributed by atoms with van der Waals surface area (Å²) in [6.07, 6.45) is -0.00758. The van der Waals surface area contributed by atoms with Gasteiger partial charge >= 0.3 is 0 Å². The van der Waals surface area contributed by atoms with Crippen molar-refractivity contribution in [3.63, 3.8) is 0 Å². The highest BCUT2D eigenvalue weighted by Gasteiger charge is 2.25. The van der Waals surface area contributed by atoms with Gasteiger partial charge < -0.3 is 14.1 Å². The molecule has 138 valence electrons. The molecule has 1 fully saturated rings. The van der Waals surface area contributed by atoms with Gasteiger partial charge in [0.05, 0.1) is 23.7 Å². The summed E-state index contributed by atoms with van der Waals surface area (Å²) in [4.78, 5) is 27.8. The van der Waals surface area contributed by atoms with E-state index in [1.54, 1.807) is 30.0 Å². The number of nitrogens with zero attached hydrogens (tertiary/aromatic N) is 1. The van der Waals surface area contributed by atoms with E-state index in [2.05, 4.69) is 0 Å². The predicted octanol–water partition coefficient (Wildman–Crippen LogP) is 3.63. The molecule has 1 aliphatic rings. The molecule has 1 aliphatic heterocycles. The molecule has 2 aromatic carbocycles. The number of fused-ring (bicyclic) bond motifs is 1. The molecule has 2 heterocycles. The molecule has 0 spiro atoms. The van der Waals surface area contributed by atoms with E-state index in [1.165, 1.54) is 0 Å². The molecule has 5 nitrogen and oxygen atoms in total. The first-order chi connectivity index (χ1) is 13.1. The second-order valence-electron chi connectivity index (χ2n) is 6.87. The van der Waals surface area contributed by atoms with E-state index in [0.29, 0.717) is 47.6 Å². The van der Waals surface area contributed by atoms with Gasteiger partial charge in [-0.25, -0.2) is 0 Å². The van der Waals surface area contributed by atoms with E-state index in [-0.39, 0.29) is 17.4 Å². The average molecular weight is 363 g/mol. The Labute approximate surface area is 157 Å². The van der Waals surface area contributed by atoms with E-state index in [1.807, 2.05) is 37.3 Å². The number of carbonyl (C=O) groups is 1.